The summed E-state index contributed by atoms with van der Waals surface area (Å²) in [4.78, 5) is 8.68. The molecule has 0 heterocycles. The number of hydrogen-bond acceptors (Lipinski definition) is 1. The summed E-state index contributed by atoms with van der Waals surface area (Å²) in [5, 5.41) is 0.294. The Morgan fingerprint density at radius 1 is 0.657 bits per heavy atom. The van der Waals surface area contributed by atoms with Crippen molar-refractivity contribution in [3.05, 3.63) is 127 Å². The van der Waals surface area contributed by atoms with Gasteiger partial charge in [0.25, 0.3) is 0 Å². The number of hydrogen-bond donors (Lipinski definition) is 0. The normalized spacial score (nSPS) is 10.5. The van der Waals surface area contributed by atoms with E-state index in [-0.39, 0.29) is 17.1 Å². The molecule has 3 aromatic rings. The molecule has 0 saturated heterocycles. The van der Waals surface area contributed by atoms with Gasteiger partial charge in [-0.05, 0) is 24.3 Å². The zero-order chi connectivity index (χ0) is 25.5. The van der Waals surface area contributed by atoms with Crippen LogP contribution in [0.3, 0.4) is 0 Å². The van der Waals surface area contributed by atoms with E-state index in [1.807, 2.05) is 30.7 Å². The maximum atomic E-state index is 14.3. The first kappa shape index (κ1) is 32.1. The minimum absolute atomic E-state index is 0. The van der Waals surface area contributed by atoms with Gasteiger partial charge in [-0.3, -0.25) is 6.29 Å². The van der Waals surface area contributed by atoms with E-state index >= 15 is 0 Å². The largest absolute Gasteiger partial charge is 0.0767 e. The van der Waals surface area contributed by atoms with Crippen LogP contribution < -0.4 is 15.9 Å². The number of rotatable bonds is 3. The average Bonchev–Trinajstić information content (AvgIpc) is 3.47. The van der Waals surface area contributed by atoms with Crippen molar-refractivity contribution in [2.24, 2.45) is 0 Å². The van der Waals surface area contributed by atoms with Crippen LogP contribution in [-0.2, 0) is 26.5 Å². The standard InChI is InChI=1S/C18H10F5P.C5H5.C2H3O.CO.Fe/c19-13-14(20)16(22)18(17(23)15(13)21)24(11-7-3-1-4-8-11)12-9-5-2-6-10-12;1-2-4-5-3-1;1-2-3;1-2;/h1-10H;1-5H;1H3;;/q;;-1;;/p+1. The number of halogens is 5. The zero-order valence-electron chi connectivity index (χ0n) is 18.2. The molecule has 0 saturated carbocycles. The van der Waals surface area contributed by atoms with Crippen LogP contribution in [0.25, 0.3) is 0 Å². The Hall–Kier alpha value is -2.85. The van der Waals surface area contributed by atoms with Gasteiger partial charge in [-0.25, -0.2) is 13.2 Å². The van der Waals surface area contributed by atoms with Crippen molar-refractivity contribution in [1.82, 2.24) is 0 Å². The summed E-state index contributed by atoms with van der Waals surface area (Å²) in [5.41, 5.74) is 0. The van der Waals surface area contributed by atoms with E-state index < -0.39 is 42.3 Å². The summed E-state index contributed by atoms with van der Waals surface area (Å²) in [6.07, 6.45) is 11.5. The second-order valence-electron chi connectivity index (χ2n) is 6.22. The third kappa shape index (κ3) is 9.03. The molecule has 2 nitrogen and oxygen atoms in total. The van der Waals surface area contributed by atoms with Crippen molar-refractivity contribution in [3.8, 4) is 0 Å². The van der Waals surface area contributed by atoms with Crippen molar-refractivity contribution in [2.45, 2.75) is 6.92 Å². The topological polar surface area (TPSA) is 37.0 Å². The second kappa shape index (κ2) is 17.6. The Balaban J connectivity index is 0.000000892. The average molecular weight is 545 g/mol. The monoisotopic (exact) mass is 545 g/mol. The third-order valence-electron chi connectivity index (χ3n) is 4.14. The van der Waals surface area contributed by atoms with E-state index in [1.54, 1.807) is 60.7 Å². The molecule has 0 unspecified atom stereocenters. The van der Waals surface area contributed by atoms with E-state index in [1.165, 1.54) is 13.2 Å². The summed E-state index contributed by atoms with van der Waals surface area (Å²) in [6.45, 7) is 5.82. The first-order valence-corrected chi connectivity index (χ1v) is 11.1. The number of carbonyl (C=O) groups excluding carboxylic acids is 1. The van der Waals surface area contributed by atoms with Crippen LogP contribution in [0.15, 0.2) is 85.0 Å². The SMILES string of the molecule is C[C-]=O.Fc1c(F)c(F)c([PH+](c2ccccc2)c2ccccc2)c(F)c1F.[C-]#[O+].[CH]1C=CC=C1.[Fe]. The van der Waals surface area contributed by atoms with Crippen LogP contribution in [0.1, 0.15) is 6.92 Å². The molecule has 0 fully saturated rings. The molecule has 1 radical (unpaired) electrons. The molecular weight excluding hydrogens is 526 g/mol. The van der Waals surface area contributed by atoms with Crippen LogP contribution >= 0.6 is 7.92 Å². The quantitative estimate of drug-likeness (QED) is 0.0842. The Morgan fingerprint density at radius 3 is 1.26 bits per heavy atom. The molecule has 0 aromatic heterocycles. The van der Waals surface area contributed by atoms with Crippen LogP contribution in [0.2, 0.25) is 0 Å². The summed E-state index contributed by atoms with van der Waals surface area (Å²) in [6, 6.07) is 16.6. The first-order valence-electron chi connectivity index (χ1n) is 9.59. The molecular formula is C26H19F5FeO2P. The molecule has 0 amide bonds. The van der Waals surface area contributed by atoms with E-state index in [0.717, 1.165) is 0 Å². The molecule has 3 aromatic carbocycles. The van der Waals surface area contributed by atoms with Gasteiger partial charge in [-0.1, -0.05) is 60.7 Å². The van der Waals surface area contributed by atoms with Gasteiger partial charge < -0.3 is 4.79 Å². The summed E-state index contributed by atoms with van der Waals surface area (Å²) >= 11 is 0. The minimum atomic E-state index is -2.39. The molecule has 35 heavy (non-hydrogen) atoms. The van der Waals surface area contributed by atoms with Crippen molar-refractivity contribution >= 4 is 30.1 Å². The molecule has 0 aliphatic heterocycles. The zero-order valence-corrected chi connectivity index (χ0v) is 20.3. The van der Waals surface area contributed by atoms with Crippen LogP contribution in [0.4, 0.5) is 22.0 Å². The summed E-state index contributed by atoms with van der Waals surface area (Å²) in [7, 11) is -2.39. The van der Waals surface area contributed by atoms with E-state index in [0.29, 0.717) is 10.6 Å². The fourth-order valence-electron chi connectivity index (χ4n) is 2.81. The van der Waals surface area contributed by atoms with Gasteiger partial charge >= 0.3 is 11.3 Å². The van der Waals surface area contributed by atoms with Crippen LogP contribution in [0, 0.1) is 42.2 Å². The number of benzene rings is 3. The molecule has 0 bridgehead atoms. The van der Waals surface area contributed by atoms with Gasteiger partial charge in [0, 0.05) is 23.5 Å². The van der Waals surface area contributed by atoms with Gasteiger partial charge in [0.2, 0.25) is 29.1 Å². The van der Waals surface area contributed by atoms with E-state index in [4.69, 9.17) is 9.45 Å². The molecule has 0 atom stereocenters. The van der Waals surface area contributed by atoms with Gasteiger partial charge in [0.05, 0.1) is 0 Å². The smallest absolute Gasteiger partial charge is 0.00506 e. The molecule has 183 valence electrons. The van der Waals surface area contributed by atoms with Crippen molar-refractivity contribution in [1.29, 1.82) is 0 Å². The van der Waals surface area contributed by atoms with Gasteiger partial charge in [0.1, 0.15) is 18.5 Å². The Kier molecular flexibility index (Phi) is 16.1. The molecule has 4 rings (SSSR count). The van der Waals surface area contributed by atoms with Crippen molar-refractivity contribution in [3.63, 3.8) is 0 Å². The number of allylic oxidation sites excluding steroid dienone is 4. The minimum Gasteiger partial charge on any atom is -0.0767 e. The van der Waals surface area contributed by atoms with Crippen LogP contribution in [0.5, 0.6) is 0 Å². The first-order chi connectivity index (χ1) is 16.4. The van der Waals surface area contributed by atoms with Crippen molar-refractivity contribution in [2.75, 3.05) is 0 Å². The molecule has 9 heteroatoms. The molecule has 1 aliphatic carbocycles. The van der Waals surface area contributed by atoms with Gasteiger partial charge in [-0.2, -0.15) is 15.7 Å². The molecule has 0 spiro atoms. The predicted molar refractivity (Wildman–Crippen MR) is 124 cm³/mol. The molecule has 0 N–H and O–H groups in total. The summed E-state index contributed by atoms with van der Waals surface area (Å²) < 4.78 is 76.8. The maximum absolute atomic E-state index is 14.3. The van der Waals surface area contributed by atoms with Crippen molar-refractivity contribution < 1.29 is 48.5 Å². The third-order valence-corrected chi connectivity index (χ3v) is 6.90. The fourth-order valence-corrected chi connectivity index (χ4v) is 5.43. The Morgan fingerprint density at radius 2 is 0.971 bits per heavy atom. The predicted octanol–water partition coefficient (Wildman–Crippen LogP) is 5.27. The second-order valence-corrected chi connectivity index (χ2v) is 8.62. The Bertz CT molecular complexity index is 1060. The molecule has 1 aliphatic rings. The fraction of sp³-hybridized carbons (Fsp3) is 0.0385. The van der Waals surface area contributed by atoms with Gasteiger partial charge in [0.15, 0.2) is 5.30 Å². The van der Waals surface area contributed by atoms with Gasteiger partial charge in [-0.15, -0.1) is 0 Å². The van der Waals surface area contributed by atoms with E-state index in [9.17, 15) is 22.0 Å². The van der Waals surface area contributed by atoms with E-state index in [2.05, 4.69) is 6.65 Å². The van der Waals surface area contributed by atoms with Crippen LogP contribution in [-0.4, -0.2) is 6.29 Å². The summed E-state index contributed by atoms with van der Waals surface area (Å²) in [5.74, 6) is -9.52. The Labute approximate surface area is 212 Å². The maximum Gasteiger partial charge on any atom is 0.00506 e.